The molecule has 2 aromatic carbocycles. The summed E-state index contributed by atoms with van der Waals surface area (Å²) >= 11 is 0. The zero-order chi connectivity index (χ0) is 37.9. The lowest BCUT2D eigenvalue weighted by molar-refractivity contribution is -0.140. The standard InChI is InChI=1S/C39H56N6O7.ClH/c1-23(2)17-29-22-52-31-15-11-27(12-16-31)19-33(44-38(49)35(40)24(3)4)37(48)43-32(18-26-9-13-30(51-6)14-10-26)36(47)41-25(5)39(50)45(20-28-7-8-28)21-34(46)42-29;/h9-16,23-25,28-29,32-33,35H,7-8,17-22,40H2,1-6H3,(H,41,47)(H,42,46)(H,43,48)(H,44,49);1H/t25-,29+,32+,33+,35+;/m1./s1. The third kappa shape index (κ3) is 13.5. The molecule has 53 heavy (non-hydrogen) atoms. The summed E-state index contributed by atoms with van der Waals surface area (Å²) < 4.78 is 11.4. The quantitative estimate of drug-likeness (QED) is 0.230. The highest BCUT2D eigenvalue weighted by molar-refractivity contribution is 5.95. The second-order valence-corrected chi connectivity index (χ2v) is 14.9. The fourth-order valence-corrected chi connectivity index (χ4v) is 6.09. The second-order valence-electron chi connectivity index (χ2n) is 14.9. The number of fused-ring (bicyclic) bond motifs is 17. The van der Waals surface area contributed by atoms with Crippen LogP contribution in [-0.4, -0.2) is 91.5 Å². The average Bonchev–Trinajstić information content (AvgIpc) is 3.93. The number of benzene rings is 2. The van der Waals surface area contributed by atoms with E-state index in [9.17, 15) is 24.0 Å². The van der Waals surface area contributed by atoms with Crippen LogP contribution in [0, 0.1) is 17.8 Å². The van der Waals surface area contributed by atoms with Gasteiger partial charge in [0.2, 0.25) is 29.5 Å². The van der Waals surface area contributed by atoms with Crippen molar-refractivity contribution in [2.24, 2.45) is 23.5 Å². The van der Waals surface area contributed by atoms with Crippen molar-refractivity contribution in [3.63, 3.8) is 0 Å². The van der Waals surface area contributed by atoms with Gasteiger partial charge in [0.05, 0.1) is 25.7 Å². The van der Waals surface area contributed by atoms with Crippen LogP contribution < -0.4 is 36.5 Å². The number of methoxy groups -OCH3 is 1. The number of carbonyl (C=O) groups is 5. The summed E-state index contributed by atoms with van der Waals surface area (Å²) in [4.78, 5) is 69.9. The Morgan fingerprint density at radius 2 is 1.62 bits per heavy atom. The minimum absolute atomic E-state index is 0. The Kier molecular flexibility index (Phi) is 16.4. The van der Waals surface area contributed by atoms with Crippen molar-refractivity contribution in [2.75, 3.05) is 26.8 Å². The first-order valence-corrected chi connectivity index (χ1v) is 18.3. The van der Waals surface area contributed by atoms with Crippen molar-refractivity contribution < 1.29 is 33.4 Å². The average molecular weight is 757 g/mol. The Bertz CT molecular complexity index is 1530. The largest absolute Gasteiger partial charge is 0.497 e. The van der Waals surface area contributed by atoms with Gasteiger partial charge in [-0.05, 0) is 79.3 Å². The van der Waals surface area contributed by atoms with E-state index >= 15 is 0 Å². The van der Waals surface area contributed by atoms with Crippen LogP contribution in [0.1, 0.15) is 65.0 Å². The molecule has 0 aromatic heterocycles. The van der Waals surface area contributed by atoms with Gasteiger partial charge < -0.3 is 41.4 Å². The Hall–Kier alpha value is -4.36. The number of carbonyl (C=O) groups excluding carboxylic acids is 5. The number of hydrogen-bond acceptors (Lipinski definition) is 8. The monoisotopic (exact) mass is 756 g/mol. The Morgan fingerprint density at radius 3 is 2.21 bits per heavy atom. The highest BCUT2D eigenvalue weighted by Crippen LogP contribution is 2.30. The molecule has 0 spiro atoms. The lowest BCUT2D eigenvalue weighted by Gasteiger charge is -2.29. The van der Waals surface area contributed by atoms with Crippen LogP contribution in [-0.2, 0) is 36.8 Å². The molecule has 5 amide bonds. The first-order chi connectivity index (χ1) is 24.7. The summed E-state index contributed by atoms with van der Waals surface area (Å²) in [5.41, 5.74) is 7.62. The molecule has 2 bridgehead atoms. The van der Waals surface area contributed by atoms with Gasteiger partial charge in [-0.1, -0.05) is 52.0 Å². The van der Waals surface area contributed by atoms with E-state index in [1.807, 2.05) is 26.0 Å². The molecular weight excluding hydrogens is 700 g/mol. The molecule has 2 heterocycles. The molecular formula is C39H57ClN6O7. The van der Waals surface area contributed by atoms with Crippen LogP contribution in [0.2, 0.25) is 0 Å². The van der Waals surface area contributed by atoms with Crippen LogP contribution in [0.5, 0.6) is 11.5 Å². The number of nitrogens with one attached hydrogen (secondary N) is 4. The molecule has 14 heteroatoms. The lowest BCUT2D eigenvalue weighted by atomic mass is 10.0. The van der Waals surface area contributed by atoms with Crippen molar-refractivity contribution >= 4 is 41.9 Å². The summed E-state index contributed by atoms with van der Waals surface area (Å²) in [6, 6.07) is 9.91. The van der Waals surface area contributed by atoms with E-state index in [0.717, 1.165) is 24.0 Å². The van der Waals surface area contributed by atoms with Crippen molar-refractivity contribution in [1.29, 1.82) is 0 Å². The van der Waals surface area contributed by atoms with Crippen LogP contribution >= 0.6 is 12.4 Å². The van der Waals surface area contributed by atoms with Crippen molar-refractivity contribution in [3.8, 4) is 11.5 Å². The van der Waals surface area contributed by atoms with Gasteiger partial charge in [-0.15, -0.1) is 12.4 Å². The molecule has 1 aliphatic carbocycles. The smallest absolute Gasteiger partial charge is 0.245 e. The third-order valence-corrected chi connectivity index (χ3v) is 9.37. The number of rotatable bonds is 10. The number of nitrogens with zero attached hydrogens (tertiary/aromatic N) is 1. The Morgan fingerprint density at radius 1 is 0.962 bits per heavy atom. The van der Waals surface area contributed by atoms with E-state index < -0.39 is 47.8 Å². The molecule has 6 N–H and O–H groups in total. The molecule has 5 rings (SSSR count). The molecule has 0 radical (unpaired) electrons. The topological polar surface area (TPSA) is 181 Å². The molecule has 2 aromatic rings. The molecule has 1 saturated carbocycles. The van der Waals surface area contributed by atoms with Gasteiger partial charge in [-0.2, -0.15) is 0 Å². The highest BCUT2D eigenvalue weighted by Gasteiger charge is 2.34. The highest BCUT2D eigenvalue weighted by atomic mass is 35.5. The maximum absolute atomic E-state index is 14.0. The lowest BCUT2D eigenvalue weighted by Crippen LogP contribution is -2.59. The molecule has 0 unspecified atom stereocenters. The van der Waals surface area contributed by atoms with E-state index in [2.05, 4.69) is 35.1 Å². The SMILES string of the molecule is COc1ccc(C[C@@H]2NC(=O)[C@@H](NC(=O)[C@@H](N)C(C)C)Cc3ccc(cc3)OC[C@H](CC(C)C)NC(=O)CN(CC3CC3)C(=O)[C@@H](C)NC2=O)cc1.Cl. The summed E-state index contributed by atoms with van der Waals surface area (Å²) in [6.45, 7) is 9.79. The maximum atomic E-state index is 14.0. The van der Waals surface area contributed by atoms with Crippen LogP contribution in [0.3, 0.4) is 0 Å². The molecule has 1 fully saturated rings. The number of ether oxygens (including phenoxy) is 2. The molecule has 0 saturated heterocycles. The van der Waals surface area contributed by atoms with E-state index in [1.165, 1.54) is 4.90 Å². The van der Waals surface area contributed by atoms with Gasteiger partial charge >= 0.3 is 0 Å². The summed E-state index contributed by atoms with van der Waals surface area (Å²) in [5, 5.41) is 11.5. The van der Waals surface area contributed by atoms with Gasteiger partial charge in [0, 0.05) is 19.4 Å². The van der Waals surface area contributed by atoms with E-state index in [4.69, 9.17) is 15.2 Å². The van der Waals surface area contributed by atoms with Crippen LogP contribution in [0.15, 0.2) is 48.5 Å². The summed E-state index contributed by atoms with van der Waals surface area (Å²) in [5.74, 6) is -0.780. The number of amides is 5. The number of hydrogen-bond donors (Lipinski definition) is 5. The fourth-order valence-electron chi connectivity index (χ4n) is 6.09. The van der Waals surface area contributed by atoms with Gasteiger partial charge in [0.15, 0.2) is 0 Å². The van der Waals surface area contributed by atoms with Crippen molar-refractivity contribution in [3.05, 3.63) is 59.7 Å². The second kappa shape index (κ2) is 20.2. The van der Waals surface area contributed by atoms with Gasteiger partial charge in [-0.3, -0.25) is 24.0 Å². The minimum Gasteiger partial charge on any atom is -0.497 e. The normalized spacial score (nSPS) is 22.5. The molecule has 13 nitrogen and oxygen atoms in total. The first-order valence-electron chi connectivity index (χ1n) is 18.3. The Balaban J connectivity index is 0.00000756. The van der Waals surface area contributed by atoms with Gasteiger partial charge in [0.25, 0.3) is 0 Å². The molecule has 292 valence electrons. The molecule has 3 aliphatic rings. The summed E-state index contributed by atoms with van der Waals surface area (Å²) in [6.07, 6.45) is 2.79. The first kappa shape index (κ1) is 43.0. The van der Waals surface area contributed by atoms with Gasteiger partial charge in [0.1, 0.15) is 36.2 Å². The van der Waals surface area contributed by atoms with E-state index in [1.54, 1.807) is 50.4 Å². The zero-order valence-corrected chi connectivity index (χ0v) is 32.5. The number of nitrogens with two attached hydrogens (primary N) is 1. The summed E-state index contributed by atoms with van der Waals surface area (Å²) in [7, 11) is 1.55. The van der Waals surface area contributed by atoms with E-state index in [0.29, 0.717) is 30.4 Å². The predicted molar refractivity (Wildman–Crippen MR) is 205 cm³/mol. The number of halogens is 1. The molecule has 2 aliphatic heterocycles. The maximum Gasteiger partial charge on any atom is 0.245 e. The minimum atomic E-state index is -1.12. The zero-order valence-electron chi connectivity index (χ0n) is 31.7. The van der Waals surface area contributed by atoms with E-state index in [-0.39, 0.29) is 62.2 Å². The Labute approximate surface area is 319 Å². The van der Waals surface area contributed by atoms with Crippen LogP contribution in [0.25, 0.3) is 0 Å². The third-order valence-electron chi connectivity index (χ3n) is 9.37. The molecule has 5 atom stereocenters. The predicted octanol–water partition coefficient (Wildman–Crippen LogP) is 2.52. The van der Waals surface area contributed by atoms with Crippen LogP contribution in [0.4, 0.5) is 0 Å². The van der Waals surface area contributed by atoms with Crippen molar-refractivity contribution in [1.82, 2.24) is 26.2 Å². The fraction of sp³-hybridized carbons (Fsp3) is 0.564. The van der Waals surface area contributed by atoms with Crippen molar-refractivity contribution in [2.45, 2.75) is 96.9 Å². The van der Waals surface area contributed by atoms with Gasteiger partial charge in [-0.25, -0.2) is 0 Å².